The molecule has 0 N–H and O–H groups in total. The Bertz CT molecular complexity index is 1520. The minimum atomic E-state index is -0.895. The second-order valence-corrected chi connectivity index (χ2v) is 10.9. The molecule has 0 spiro atoms. The molecule has 6 nitrogen and oxygen atoms in total. The van der Waals surface area contributed by atoms with Crippen molar-refractivity contribution in [3.8, 4) is 5.75 Å². The van der Waals surface area contributed by atoms with Crippen molar-refractivity contribution in [1.82, 2.24) is 4.90 Å². The highest BCUT2D eigenvalue weighted by Gasteiger charge is 2.64. The van der Waals surface area contributed by atoms with Gasteiger partial charge in [-0.3, -0.25) is 14.4 Å². The number of fused-ring (bicyclic) bond motifs is 5. The van der Waals surface area contributed by atoms with Gasteiger partial charge < -0.3 is 9.64 Å². The van der Waals surface area contributed by atoms with Gasteiger partial charge in [-0.1, -0.05) is 47.5 Å². The van der Waals surface area contributed by atoms with Crippen molar-refractivity contribution in [2.75, 3.05) is 12.0 Å². The molecule has 3 heterocycles. The maximum atomic E-state index is 14.1. The molecule has 37 heavy (non-hydrogen) atoms. The number of ether oxygens (including phenoxy) is 1. The van der Waals surface area contributed by atoms with Crippen molar-refractivity contribution in [1.29, 1.82) is 0 Å². The van der Waals surface area contributed by atoms with E-state index in [1.54, 1.807) is 37.4 Å². The monoisotopic (exact) mass is 596 g/mol. The maximum absolute atomic E-state index is 14.1. The number of Topliss-reactive ketones (excluding diaryl/α,β-unsaturated/α-hetero) is 1. The van der Waals surface area contributed by atoms with Gasteiger partial charge in [-0.2, -0.15) is 0 Å². The number of hydrogen-bond donors (Lipinski definition) is 0. The minimum Gasteiger partial charge on any atom is -0.496 e. The zero-order chi connectivity index (χ0) is 26.0. The Morgan fingerprint density at radius 1 is 0.973 bits per heavy atom. The fourth-order valence-corrected chi connectivity index (χ4v) is 6.78. The number of carbonyl (C=O) groups is 3. The molecular weight excluding hydrogens is 579 g/mol. The third-order valence-corrected chi connectivity index (χ3v) is 8.47. The topological polar surface area (TPSA) is 66.9 Å². The largest absolute Gasteiger partial charge is 0.496 e. The average Bonchev–Trinajstić information content (AvgIpc) is 3.36. The van der Waals surface area contributed by atoms with E-state index in [2.05, 4.69) is 15.9 Å². The van der Waals surface area contributed by atoms with Gasteiger partial charge in [0.1, 0.15) is 11.8 Å². The highest BCUT2D eigenvalue weighted by Crippen LogP contribution is 2.54. The van der Waals surface area contributed by atoms with Crippen molar-refractivity contribution in [2.24, 2.45) is 11.8 Å². The van der Waals surface area contributed by atoms with Gasteiger partial charge in [0.15, 0.2) is 5.78 Å². The van der Waals surface area contributed by atoms with Crippen LogP contribution in [0.25, 0.3) is 6.08 Å². The van der Waals surface area contributed by atoms with Crippen molar-refractivity contribution in [3.63, 3.8) is 0 Å². The molecule has 0 radical (unpaired) electrons. The number of halogens is 3. The van der Waals surface area contributed by atoms with Crippen LogP contribution in [0.2, 0.25) is 10.0 Å². The Hall–Kier alpha value is -3.13. The summed E-state index contributed by atoms with van der Waals surface area (Å²) < 4.78 is 5.93. The van der Waals surface area contributed by atoms with E-state index in [1.165, 1.54) is 6.07 Å². The number of benzene rings is 3. The SMILES string of the molecule is COc1ccc(C(=O)[C@@H]2[C@H]3C(=O)N(c4ccc(Cl)cc4Cl)C(=O)[C@@H]3[C@H]3c4ccccc4C=CN23)cc1Br. The van der Waals surface area contributed by atoms with E-state index in [-0.39, 0.29) is 22.4 Å². The summed E-state index contributed by atoms with van der Waals surface area (Å²) in [5, 5.41) is 0.584. The molecule has 0 aliphatic carbocycles. The van der Waals surface area contributed by atoms with Gasteiger partial charge in [0.25, 0.3) is 0 Å². The summed E-state index contributed by atoms with van der Waals surface area (Å²) in [6.07, 6.45) is 3.74. The summed E-state index contributed by atoms with van der Waals surface area (Å²) in [4.78, 5) is 45.0. The van der Waals surface area contributed by atoms with E-state index >= 15 is 0 Å². The smallest absolute Gasteiger partial charge is 0.240 e. The van der Waals surface area contributed by atoms with Gasteiger partial charge in [-0.05, 0) is 69.5 Å². The Morgan fingerprint density at radius 3 is 2.46 bits per heavy atom. The summed E-state index contributed by atoms with van der Waals surface area (Å²) in [5.41, 5.74) is 2.52. The van der Waals surface area contributed by atoms with Crippen LogP contribution in [0.3, 0.4) is 0 Å². The van der Waals surface area contributed by atoms with Crippen molar-refractivity contribution >= 4 is 68.5 Å². The van der Waals surface area contributed by atoms with Gasteiger partial charge in [0.2, 0.25) is 11.8 Å². The lowest BCUT2D eigenvalue weighted by Gasteiger charge is -2.35. The quantitative estimate of drug-likeness (QED) is 0.266. The van der Waals surface area contributed by atoms with Crippen LogP contribution >= 0.6 is 39.1 Å². The predicted octanol–water partition coefficient (Wildman–Crippen LogP) is 6.16. The summed E-state index contributed by atoms with van der Waals surface area (Å²) in [6.45, 7) is 0. The molecule has 3 aromatic carbocycles. The molecule has 3 aromatic rings. The van der Waals surface area contributed by atoms with Gasteiger partial charge in [-0.15, -0.1) is 0 Å². The lowest BCUT2D eigenvalue weighted by atomic mass is 9.83. The Labute approximate surface area is 231 Å². The number of anilines is 1. The van der Waals surface area contributed by atoms with Gasteiger partial charge in [0.05, 0.1) is 40.2 Å². The van der Waals surface area contributed by atoms with Crippen LogP contribution < -0.4 is 9.64 Å². The standard InChI is InChI=1S/C28H19BrCl2N2O4/c1-37-21-9-6-15(12-18(21)29)26(34)25-23-22(24-17-5-3-2-4-14(17)10-11-32(24)25)27(35)33(28(23)36)20-8-7-16(30)13-19(20)31/h2-13,22-25H,1H3/t22-,23-,24+,25-/m0/s1. The Morgan fingerprint density at radius 2 is 1.73 bits per heavy atom. The molecule has 0 bridgehead atoms. The molecule has 2 amide bonds. The Balaban J connectivity index is 1.49. The van der Waals surface area contributed by atoms with E-state index in [9.17, 15) is 14.4 Å². The Kier molecular flexibility index (Phi) is 5.90. The molecule has 0 saturated carbocycles. The molecule has 186 valence electrons. The number of ketones is 1. The highest BCUT2D eigenvalue weighted by atomic mass is 79.9. The number of amides is 2. The van der Waals surface area contributed by atoms with E-state index in [0.717, 1.165) is 16.0 Å². The first-order valence-electron chi connectivity index (χ1n) is 11.6. The first-order chi connectivity index (χ1) is 17.8. The fourth-order valence-electron chi connectivity index (χ4n) is 5.75. The molecule has 0 aromatic heterocycles. The first-order valence-corrected chi connectivity index (χ1v) is 13.1. The van der Waals surface area contributed by atoms with Crippen LogP contribution in [-0.2, 0) is 9.59 Å². The molecule has 4 atom stereocenters. The summed E-state index contributed by atoms with van der Waals surface area (Å²) >= 11 is 15.9. The third-order valence-electron chi connectivity index (χ3n) is 7.32. The molecule has 0 unspecified atom stereocenters. The normalized spacial score (nSPS) is 23.7. The van der Waals surface area contributed by atoms with Crippen LogP contribution in [-0.4, -0.2) is 35.6 Å². The number of rotatable bonds is 4. The van der Waals surface area contributed by atoms with E-state index < -0.39 is 29.8 Å². The van der Waals surface area contributed by atoms with Crippen molar-refractivity contribution < 1.29 is 19.1 Å². The number of methoxy groups -OCH3 is 1. The van der Waals surface area contributed by atoms with Crippen LogP contribution in [0.5, 0.6) is 5.75 Å². The number of imide groups is 1. The molecule has 6 rings (SSSR count). The molecule has 2 fully saturated rings. The highest BCUT2D eigenvalue weighted by molar-refractivity contribution is 9.10. The molecule has 3 aliphatic heterocycles. The molecular formula is C28H19BrCl2N2O4. The average molecular weight is 598 g/mol. The van der Waals surface area contributed by atoms with Crippen LogP contribution in [0.1, 0.15) is 27.5 Å². The van der Waals surface area contributed by atoms with Gasteiger partial charge >= 0.3 is 0 Å². The zero-order valence-electron chi connectivity index (χ0n) is 19.4. The van der Waals surface area contributed by atoms with Crippen molar-refractivity contribution in [2.45, 2.75) is 12.1 Å². The lowest BCUT2D eigenvalue weighted by Crippen LogP contribution is -2.44. The molecule has 3 aliphatic rings. The maximum Gasteiger partial charge on any atom is 0.240 e. The summed E-state index contributed by atoms with van der Waals surface area (Å²) in [6, 6.07) is 16.1. The lowest BCUT2D eigenvalue weighted by molar-refractivity contribution is -0.123. The molecule has 2 saturated heterocycles. The van der Waals surface area contributed by atoms with Crippen LogP contribution in [0.4, 0.5) is 5.69 Å². The second kappa shape index (κ2) is 9.01. The van der Waals surface area contributed by atoms with Gasteiger partial charge in [-0.25, -0.2) is 4.90 Å². The van der Waals surface area contributed by atoms with Crippen LogP contribution in [0.15, 0.2) is 71.3 Å². The minimum absolute atomic E-state index is 0.192. The summed E-state index contributed by atoms with van der Waals surface area (Å²) in [7, 11) is 1.54. The number of carbonyl (C=O) groups excluding carboxylic acids is 3. The van der Waals surface area contributed by atoms with Crippen LogP contribution in [0, 0.1) is 11.8 Å². The van der Waals surface area contributed by atoms with E-state index in [1.807, 2.05) is 41.4 Å². The van der Waals surface area contributed by atoms with E-state index in [0.29, 0.717) is 20.8 Å². The fraction of sp³-hybridized carbons (Fsp3) is 0.179. The first kappa shape index (κ1) is 24.2. The molecule has 9 heteroatoms. The van der Waals surface area contributed by atoms with Crippen molar-refractivity contribution in [3.05, 3.63) is 98.1 Å². The predicted molar refractivity (Wildman–Crippen MR) is 145 cm³/mol. The zero-order valence-corrected chi connectivity index (χ0v) is 22.5. The second-order valence-electron chi connectivity index (χ2n) is 9.15. The third kappa shape index (κ3) is 3.63. The summed E-state index contributed by atoms with van der Waals surface area (Å²) in [5.74, 6) is -2.17. The van der Waals surface area contributed by atoms with Gasteiger partial charge in [0, 0.05) is 16.8 Å². The van der Waals surface area contributed by atoms with E-state index in [4.69, 9.17) is 27.9 Å². The number of nitrogens with zero attached hydrogens (tertiary/aromatic N) is 2. The number of hydrogen-bond acceptors (Lipinski definition) is 5.